The molecule has 4 rings (SSSR count). The topological polar surface area (TPSA) is 79.9 Å². The second kappa shape index (κ2) is 8.61. The van der Waals surface area contributed by atoms with Gasteiger partial charge in [0.15, 0.2) is 6.61 Å². The molecule has 0 fully saturated rings. The summed E-state index contributed by atoms with van der Waals surface area (Å²) in [4.78, 5) is 17.3. The van der Waals surface area contributed by atoms with E-state index in [1.807, 2.05) is 48.7 Å². The Morgan fingerprint density at radius 1 is 1.24 bits per heavy atom. The smallest absolute Gasteiger partial charge is 0.223 e. The number of nitriles is 1. The van der Waals surface area contributed by atoms with Gasteiger partial charge in [-0.3, -0.25) is 4.79 Å². The quantitative estimate of drug-likeness (QED) is 0.705. The molecule has 1 aliphatic rings. The molecule has 0 bridgehead atoms. The maximum atomic E-state index is 12.7. The van der Waals surface area contributed by atoms with Crippen molar-refractivity contribution in [3.05, 3.63) is 72.1 Å². The molecule has 6 nitrogen and oxygen atoms in total. The van der Waals surface area contributed by atoms with Gasteiger partial charge >= 0.3 is 0 Å². The number of benzene rings is 2. The molecule has 3 aromatic rings. The van der Waals surface area contributed by atoms with E-state index in [1.165, 1.54) is 0 Å². The van der Waals surface area contributed by atoms with Crippen LogP contribution in [0.4, 0.5) is 0 Å². The number of hydrogen-bond acceptors (Lipinski definition) is 4. The highest BCUT2D eigenvalue weighted by Gasteiger charge is 2.26. The van der Waals surface area contributed by atoms with Crippen LogP contribution in [-0.2, 0) is 24.3 Å². The van der Waals surface area contributed by atoms with Gasteiger partial charge in [-0.2, -0.15) is 5.26 Å². The minimum Gasteiger partial charge on any atom is -0.479 e. The van der Waals surface area contributed by atoms with Crippen molar-refractivity contribution in [1.29, 1.82) is 5.26 Å². The number of nitrogens with one attached hydrogen (secondary N) is 1. The Morgan fingerprint density at radius 2 is 2.10 bits per heavy atom. The van der Waals surface area contributed by atoms with Crippen LogP contribution in [0, 0.1) is 17.2 Å². The van der Waals surface area contributed by atoms with Gasteiger partial charge in [0.05, 0.1) is 0 Å². The third-order valence-corrected chi connectivity index (χ3v) is 5.17. The number of imidazole rings is 1. The number of carbonyl (C=O) groups is 1. The lowest BCUT2D eigenvalue weighted by molar-refractivity contribution is -0.125. The molecule has 29 heavy (non-hydrogen) atoms. The van der Waals surface area contributed by atoms with Gasteiger partial charge in [0.25, 0.3) is 0 Å². The molecular formula is C23H22N4O2. The number of nitrogens with zero attached hydrogens (tertiary/aromatic N) is 3. The summed E-state index contributed by atoms with van der Waals surface area (Å²) in [6.45, 7) is 1.24. The van der Waals surface area contributed by atoms with Crippen LogP contribution < -0.4 is 10.1 Å². The summed E-state index contributed by atoms with van der Waals surface area (Å²) >= 11 is 0. The van der Waals surface area contributed by atoms with Crippen molar-refractivity contribution in [1.82, 2.24) is 14.9 Å². The number of hydrogen-bond donors (Lipinski definition) is 1. The summed E-state index contributed by atoms with van der Waals surface area (Å²) in [5.41, 5.74) is 3.14. The van der Waals surface area contributed by atoms with Crippen molar-refractivity contribution in [2.45, 2.75) is 25.9 Å². The number of fused-ring (bicyclic) bond motifs is 1. The predicted molar refractivity (Wildman–Crippen MR) is 109 cm³/mol. The van der Waals surface area contributed by atoms with Crippen molar-refractivity contribution in [3.8, 4) is 23.2 Å². The summed E-state index contributed by atoms with van der Waals surface area (Å²) < 4.78 is 7.53. The van der Waals surface area contributed by atoms with Gasteiger partial charge in [0.1, 0.15) is 17.6 Å². The number of ether oxygens (including phenoxy) is 1. The first kappa shape index (κ1) is 18.8. The third-order valence-electron chi connectivity index (χ3n) is 5.17. The maximum Gasteiger partial charge on any atom is 0.223 e. The summed E-state index contributed by atoms with van der Waals surface area (Å²) in [5, 5.41) is 11.6. The van der Waals surface area contributed by atoms with Crippen molar-refractivity contribution >= 4 is 5.91 Å². The Labute approximate surface area is 169 Å². The van der Waals surface area contributed by atoms with Crippen LogP contribution in [0.25, 0.3) is 11.4 Å². The van der Waals surface area contributed by atoms with Crippen LogP contribution in [0.2, 0.25) is 0 Å². The second-order valence-corrected chi connectivity index (χ2v) is 7.09. The number of carbonyl (C=O) groups excluding carboxylic acids is 1. The van der Waals surface area contributed by atoms with Gasteiger partial charge in [0.2, 0.25) is 5.91 Å². The Bertz CT molecular complexity index is 1040. The van der Waals surface area contributed by atoms with Gasteiger partial charge in [-0.05, 0) is 24.1 Å². The summed E-state index contributed by atoms with van der Waals surface area (Å²) in [5.74, 6) is 1.60. The highest BCUT2D eigenvalue weighted by atomic mass is 16.5. The molecule has 0 saturated heterocycles. The Hall–Kier alpha value is -3.59. The molecule has 0 unspecified atom stereocenters. The molecule has 0 radical (unpaired) electrons. The molecule has 1 amide bonds. The van der Waals surface area contributed by atoms with Crippen LogP contribution in [0.1, 0.15) is 17.7 Å². The first-order valence-electron chi connectivity index (χ1n) is 9.71. The maximum absolute atomic E-state index is 12.7. The van der Waals surface area contributed by atoms with Crippen molar-refractivity contribution in [2.24, 2.45) is 5.92 Å². The van der Waals surface area contributed by atoms with E-state index < -0.39 is 0 Å². The molecule has 2 heterocycles. The molecule has 1 aliphatic heterocycles. The highest BCUT2D eigenvalue weighted by molar-refractivity contribution is 5.79. The van der Waals surface area contributed by atoms with E-state index >= 15 is 0 Å². The molecule has 1 N–H and O–H groups in total. The molecule has 0 spiro atoms. The molecule has 146 valence electrons. The average molecular weight is 386 g/mol. The van der Waals surface area contributed by atoms with Crippen molar-refractivity contribution in [3.63, 3.8) is 0 Å². The Morgan fingerprint density at radius 3 is 2.93 bits per heavy atom. The zero-order valence-electron chi connectivity index (χ0n) is 16.0. The Balaban J connectivity index is 1.37. The highest BCUT2D eigenvalue weighted by Crippen LogP contribution is 2.27. The van der Waals surface area contributed by atoms with Crippen LogP contribution in [0.15, 0.2) is 60.8 Å². The van der Waals surface area contributed by atoms with Crippen LogP contribution in [0.5, 0.6) is 5.75 Å². The van der Waals surface area contributed by atoms with E-state index in [-0.39, 0.29) is 18.4 Å². The van der Waals surface area contributed by atoms with Crippen LogP contribution in [-0.4, -0.2) is 22.1 Å². The fraction of sp³-hybridized carbons (Fsp3) is 0.261. The van der Waals surface area contributed by atoms with E-state index in [0.717, 1.165) is 35.6 Å². The monoisotopic (exact) mass is 386 g/mol. The minimum absolute atomic E-state index is 0.0105. The van der Waals surface area contributed by atoms with E-state index in [0.29, 0.717) is 18.7 Å². The van der Waals surface area contributed by atoms with Crippen molar-refractivity contribution in [2.75, 3.05) is 6.61 Å². The van der Waals surface area contributed by atoms with E-state index in [9.17, 15) is 4.79 Å². The normalized spacial score (nSPS) is 15.2. The fourth-order valence-corrected chi connectivity index (χ4v) is 3.70. The molecular weight excluding hydrogens is 364 g/mol. The van der Waals surface area contributed by atoms with E-state index in [2.05, 4.69) is 27.0 Å². The fourth-order valence-electron chi connectivity index (χ4n) is 3.70. The Kier molecular flexibility index (Phi) is 5.57. The lowest BCUT2D eigenvalue weighted by Gasteiger charge is -2.24. The zero-order chi connectivity index (χ0) is 20.1. The molecule has 1 atom stereocenters. The number of aromatic nitrogens is 2. The predicted octanol–water partition coefficient (Wildman–Crippen LogP) is 3.33. The molecule has 2 aromatic carbocycles. The standard InChI is InChI=1S/C23H22N4O2/c24-10-12-29-21-8-4-5-17(13-21)15-26-23(28)19-9-11-27-20(14-19)16-25-22(27)18-6-2-1-3-7-18/h1-8,13,16,19H,9,11-12,14-15H2,(H,26,28)/t19-/m0/s1. The summed E-state index contributed by atoms with van der Waals surface area (Å²) in [7, 11) is 0. The van der Waals surface area contributed by atoms with Gasteiger partial charge in [-0.25, -0.2) is 4.98 Å². The van der Waals surface area contributed by atoms with E-state index in [1.54, 1.807) is 6.07 Å². The summed E-state index contributed by atoms with van der Waals surface area (Å²) in [6.07, 6.45) is 3.37. The lowest BCUT2D eigenvalue weighted by atomic mass is 9.95. The summed E-state index contributed by atoms with van der Waals surface area (Å²) in [6, 6.07) is 19.5. The van der Waals surface area contributed by atoms with Crippen molar-refractivity contribution < 1.29 is 9.53 Å². The molecule has 0 saturated carbocycles. The van der Waals surface area contributed by atoms with Crippen LogP contribution in [0.3, 0.4) is 0 Å². The molecule has 1 aromatic heterocycles. The van der Waals surface area contributed by atoms with Gasteiger partial charge in [-0.15, -0.1) is 0 Å². The number of amides is 1. The zero-order valence-corrected chi connectivity index (χ0v) is 16.0. The first-order valence-corrected chi connectivity index (χ1v) is 9.71. The molecule has 6 heteroatoms. The first-order chi connectivity index (χ1) is 14.2. The third kappa shape index (κ3) is 4.30. The van der Waals surface area contributed by atoms with Crippen LogP contribution >= 0.6 is 0 Å². The average Bonchev–Trinajstić information content (AvgIpc) is 3.20. The minimum atomic E-state index is -0.0548. The van der Waals surface area contributed by atoms with Gasteiger partial charge in [0, 0.05) is 42.9 Å². The van der Waals surface area contributed by atoms with Gasteiger partial charge < -0.3 is 14.6 Å². The second-order valence-electron chi connectivity index (χ2n) is 7.09. The number of rotatable bonds is 6. The molecule has 0 aliphatic carbocycles. The van der Waals surface area contributed by atoms with Gasteiger partial charge in [-0.1, -0.05) is 42.5 Å². The SMILES string of the molecule is N#CCOc1cccc(CNC(=O)[C@H]2CCn3c(cnc3-c3ccccc3)C2)c1. The van der Waals surface area contributed by atoms with E-state index in [4.69, 9.17) is 10.00 Å². The lowest BCUT2D eigenvalue weighted by Crippen LogP contribution is -2.35. The largest absolute Gasteiger partial charge is 0.479 e.